The summed E-state index contributed by atoms with van der Waals surface area (Å²) in [6.07, 6.45) is 0.859. The molecule has 1 saturated heterocycles. The summed E-state index contributed by atoms with van der Waals surface area (Å²) in [5, 5.41) is 8.47. The third-order valence-electron chi connectivity index (χ3n) is 2.30. The van der Waals surface area contributed by atoms with Gasteiger partial charge in [-0.2, -0.15) is 0 Å². The molecule has 0 aromatic carbocycles. The highest BCUT2D eigenvalue weighted by Crippen LogP contribution is 2.06. The van der Waals surface area contributed by atoms with Crippen LogP contribution in [-0.2, 0) is 9.59 Å². The highest BCUT2D eigenvalue weighted by molar-refractivity contribution is 5.86. The van der Waals surface area contributed by atoms with E-state index in [-0.39, 0.29) is 30.3 Å². The quantitative estimate of drug-likeness (QED) is 0.575. The smallest absolute Gasteiger partial charge is 0.239 e. The predicted octanol–water partition coefficient (Wildman–Crippen LogP) is -0.763. The molecule has 5 nitrogen and oxygen atoms in total. The van der Waals surface area contributed by atoms with Crippen LogP contribution < -0.4 is 16.0 Å². The molecule has 1 aliphatic rings. The molecule has 0 spiro atoms. The Morgan fingerprint density at radius 3 is 2.73 bits per heavy atom. The minimum atomic E-state index is -0.135. The number of rotatable bonds is 4. The Labute approximate surface area is 90.0 Å². The molecule has 0 aromatic rings. The van der Waals surface area contributed by atoms with Gasteiger partial charge in [0.05, 0.1) is 12.5 Å². The summed E-state index contributed by atoms with van der Waals surface area (Å²) in [4.78, 5) is 22.7. The van der Waals surface area contributed by atoms with E-state index >= 15 is 0 Å². The van der Waals surface area contributed by atoms with Crippen LogP contribution in [0.25, 0.3) is 0 Å². The van der Waals surface area contributed by atoms with Crippen molar-refractivity contribution < 1.29 is 9.59 Å². The van der Waals surface area contributed by atoms with Gasteiger partial charge < -0.3 is 16.0 Å². The monoisotopic (exact) mass is 213 g/mol. The van der Waals surface area contributed by atoms with Gasteiger partial charge in [0.1, 0.15) is 0 Å². The maximum absolute atomic E-state index is 11.5. The van der Waals surface area contributed by atoms with E-state index in [1.54, 1.807) is 0 Å². The van der Waals surface area contributed by atoms with Crippen LogP contribution in [0.1, 0.15) is 20.3 Å². The third-order valence-corrected chi connectivity index (χ3v) is 2.30. The van der Waals surface area contributed by atoms with Crippen LogP contribution in [0.2, 0.25) is 0 Å². The van der Waals surface area contributed by atoms with Crippen molar-refractivity contribution in [3.63, 3.8) is 0 Å². The molecule has 1 rings (SSSR count). The zero-order valence-corrected chi connectivity index (χ0v) is 9.30. The van der Waals surface area contributed by atoms with Gasteiger partial charge in [0.15, 0.2) is 0 Å². The molecule has 86 valence electrons. The van der Waals surface area contributed by atoms with Gasteiger partial charge in [-0.1, -0.05) is 0 Å². The first-order valence-corrected chi connectivity index (χ1v) is 5.37. The Bertz CT molecular complexity index is 235. The van der Waals surface area contributed by atoms with Crippen LogP contribution in [0, 0.1) is 5.92 Å². The highest BCUT2D eigenvalue weighted by atomic mass is 16.2. The van der Waals surface area contributed by atoms with E-state index in [4.69, 9.17) is 0 Å². The highest BCUT2D eigenvalue weighted by Gasteiger charge is 2.22. The van der Waals surface area contributed by atoms with Gasteiger partial charge in [-0.05, 0) is 26.8 Å². The molecule has 0 aliphatic carbocycles. The fraction of sp³-hybridized carbons (Fsp3) is 0.800. The molecule has 5 heteroatoms. The Balaban J connectivity index is 2.18. The van der Waals surface area contributed by atoms with Crippen molar-refractivity contribution in [1.29, 1.82) is 0 Å². The minimum absolute atomic E-state index is 0.0249. The van der Waals surface area contributed by atoms with Crippen LogP contribution in [0.5, 0.6) is 0 Å². The number of hydrogen-bond donors (Lipinski definition) is 3. The number of hydrogen-bond acceptors (Lipinski definition) is 3. The zero-order valence-electron chi connectivity index (χ0n) is 9.30. The maximum Gasteiger partial charge on any atom is 0.239 e. The standard InChI is InChI=1S/C10H19N3O2/c1-7(2)13-9(14)6-12-10(15)8-3-4-11-5-8/h7-8,11H,3-6H2,1-2H3,(H,12,15)(H,13,14)/t8-/m0/s1. The molecule has 15 heavy (non-hydrogen) atoms. The van der Waals surface area contributed by atoms with Crippen LogP contribution in [0.4, 0.5) is 0 Å². The predicted molar refractivity (Wildman–Crippen MR) is 57.3 cm³/mol. The Morgan fingerprint density at radius 2 is 2.20 bits per heavy atom. The lowest BCUT2D eigenvalue weighted by Gasteiger charge is -2.11. The molecule has 3 N–H and O–H groups in total. The van der Waals surface area contributed by atoms with Gasteiger partial charge in [-0.25, -0.2) is 0 Å². The van der Waals surface area contributed by atoms with Crippen LogP contribution in [0.15, 0.2) is 0 Å². The molecule has 0 saturated carbocycles. The second-order valence-electron chi connectivity index (χ2n) is 4.13. The molecule has 0 unspecified atom stereocenters. The maximum atomic E-state index is 11.5. The summed E-state index contributed by atoms with van der Waals surface area (Å²) in [5.74, 6) is -0.139. The first-order valence-electron chi connectivity index (χ1n) is 5.37. The average molecular weight is 213 g/mol. The number of carbonyl (C=O) groups is 2. The normalized spacial score (nSPS) is 20.3. The summed E-state index contributed by atoms with van der Waals surface area (Å²) >= 11 is 0. The Morgan fingerprint density at radius 1 is 1.47 bits per heavy atom. The fourth-order valence-electron chi connectivity index (χ4n) is 1.56. The molecule has 2 amide bonds. The van der Waals surface area contributed by atoms with Crippen LogP contribution in [0.3, 0.4) is 0 Å². The van der Waals surface area contributed by atoms with Crippen molar-refractivity contribution in [1.82, 2.24) is 16.0 Å². The van der Waals surface area contributed by atoms with Gasteiger partial charge in [0.25, 0.3) is 0 Å². The Kier molecular flexibility index (Phi) is 4.55. The molecule has 0 aromatic heterocycles. The summed E-state index contributed by atoms with van der Waals surface area (Å²) in [7, 11) is 0. The molecule has 1 fully saturated rings. The summed E-state index contributed by atoms with van der Waals surface area (Å²) in [6.45, 7) is 5.46. The second-order valence-corrected chi connectivity index (χ2v) is 4.13. The van der Waals surface area contributed by atoms with E-state index in [9.17, 15) is 9.59 Å². The van der Waals surface area contributed by atoms with Gasteiger partial charge in [0, 0.05) is 12.6 Å². The lowest BCUT2D eigenvalue weighted by Crippen LogP contribution is -2.42. The van der Waals surface area contributed by atoms with Gasteiger partial charge >= 0.3 is 0 Å². The first-order chi connectivity index (χ1) is 7.09. The van der Waals surface area contributed by atoms with Crippen molar-refractivity contribution in [2.24, 2.45) is 5.92 Å². The lowest BCUT2D eigenvalue weighted by molar-refractivity contribution is -0.128. The van der Waals surface area contributed by atoms with Crippen LogP contribution >= 0.6 is 0 Å². The first kappa shape index (κ1) is 12.0. The van der Waals surface area contributed by atoms with Crippen molar-refractivity contribution in [2.45, 2.75) is 26.3 Å². The lowest BCUT2D eigenvalue weighted by atomic mass is 10.1. The van der Waals surface area contributed by atoms with Gasteiger partial charge in [-0.15, -0.1) is 0 Å². The molecule has 0 bridgehead atoms. The summed E-state index contributed by atoms with van der Waals surface area (Å²) in [6, 6.07) is 0.113. The van der Waals surface area contributed by atoms with Crippen LogP contribution in [-0.4, -0.2) is 37.5 Å². The fourth-order valence-corrected chi connectivity index (χ4v) is 1.56. The molecule has 1 atom stereocenters. The zero-order chi connectivity index (χ0) is 11.3. The van der Waals surface area contributed by atoms with Crippen molar-refractivity contribution in [3.8, 4) is 0 Å². The van der Waals surface area contributed by atoms with E-state index in [2.05, 4.69) is 16.0 Å². The third kappa shape index (κ3) is 4.29. The summed E-state index contributed by atoms with van der Waals surface area (Å²) < 4.78 is 0. The molecular formula is C10H19N3O2. The number of carbonyl (C=O) groups excluding carboxylic acids is 2. The van der Waals surface area contributed by atoms with Crippen molar-refractivity contribution in [3.05, 3.63) is 0 Å². The SMILES string of the molecule is CC(C)NC(=O)CNC(=O)[C@H]1CCNC1. The van der Waals surface area contributed by atoms with E-state index < -0.39 is 0 Å². The van der Waals surface area contributed by atoms with Crippen molar-refractivity contribution >= 4 is 11.8 Å². The Hall–Kier alpha value is -1.10. The number of nitrogens with one attached hydrogen (secondary N) is 3. The average Bonchev–Trinajstić information content (AvgIpc) is 2.65. The van der Waals surface area contributed by atoms with E-state index in [1.165, 1.54) is 0 Å². The molecule has 1 heterocycles. The van der Waals surface area contributed by atoms with Gasteiger partial charge in [-0.3, -0.25) is 9.59 Å². The largest absolute Gasteiger partial charge is 0.352 e. The topological polar surface area (TPSA) is 70.2 Å². The second kappa shape index (κ2) is 5.70. The van der Waals surface area contributed by atoms with Gasteiger partial charge in [0.2, 0.25) is 11.8 Å². The molecule has 1 aliphatic heterocycles. The van der Waals surface area contributed by atoms with E-state index in [0.717, 1.165) is 19.5 Å². The van der Waals surface area contributed by atoms with Crippen molar-refractivity contribution in [2.75, 3.05) is 19.6 Å². The minimum Gasteiger partial charge on any atom is -0.352 e. The summed E-state index contributed by atoms with van der Waals surface area (Å²) in [5.41, 5.74) is 0. The molecular weight excluding hydrogens is 194 g/mol. The van der Waals surface area contributed by atoms with E-state index in [0.29, 0.717) is 0 Å². The van der Waals surface area contributed by atoms with E-state index in [1.807, 2.05) is 13.8 Å². The number of amides is 2. The molecule has 0 radical (unpaired) electrons.